The Balaban J connectivity index is 1.04. The van der Waals surface area contributed by atoms with Gasteiger partial charge in [-0.05, 0) is 71.1 Å². The van der Waals surface area contributed by atoms with Crippen LogP contribution in [0.1, 0.15) is 17.5 Å². The standard InChI is InChI=1S/C40H40FN5O/c41-34-19-21-35(22-20-34)47-28-10-23-45-38-17-8-9-18-39(38)46(40(45)42)30-33-14-5-7-16-37(33)44-26-24-43(25-27-44)29-32-13-4-6-15-36(32)31-11-2-1-3-12-31/h1-9,11-22,42H,10,23-30H2. The average molecular weight is 626 g/mol. The number of halogens is 1. The van der Waals surface area contributed by atoms with E-state index in [1.54, 1.807) is 12.1 Å². The Bertz CT molecular complexity index is 1990. The highest BCUT2D eigenvalue weighted by Gasteiger charge is 2.21. The predicted octanol–water partition coefficient (Wildman–Crippen LogP) is 7.57. The topological polar surface area (TPSA) is 49.4 Å². The summed E-state index contributed by atoms with van der Waals surface area (Å²) in [6.45, 7) is 6.61. The number of aromatic nitrogens is 2. The predicted molar refractivity (Wildman–Crippen MR) is 187 cm³/mol. The van der Waals surface area contributed by atoms with Crippen LogP contribution in [0, 0.1) is 11.2 Å². The molecule has 6 nitrogen and oxygen atoms in total. The van der Waals surface area contributed by atoms with Crippen molar-refractivity contribution in [2.24, 2.45) is 0 Å². The molecule has 47 heavy (non-hydrogen) atoms. The van der Waals surface area contributed by atoms with Crippen LogP contribution in [0.3, 0.4) is 0 Å². The number of fused-ring (bicyclic) bond motifs is 1. The molecular formula is C40H40FN5O. The second-order valence-corrected chi connectivity index (χ2v) is 12.1. The molecule has 5 aromatic carbocycles. The van der Waals surface area contributed by atoms with Gasteiger partial charge >= 0.3 is 0 Å². The molecule has 0 spiro atoms. The minimum Gasteiger partial charge on any atom is -0.494 e. The lowest BCUT2D eigenvalue weighted by Gasteiger charge is -2.37. The van der Waals surface area contributed by atoms with Gasteiger partial charge in [-0.15, -0.1) is 0 Å². The zero-order valence-electron chi connectivity index (χ0n) is 26.6. The van der Waals surface area contributed by atoms with Gasteiger partial charge in [0.1, 0.15) is 11.6 Å². The molecule has 0 atom stereocenters. The minimum absolute atomic E-state index is 0.274. The highest BCUT2D eigenvalue weighted by molar-refractivity contribution is 5.76. The maximum atomic E-state index is 13.2. The van der Waals surface area contributed by atoms with Crippen LogP contribution in [-0.4, -0.2) is 46.8 Å². The first kappa shape index (κ1) is 30.5. The molecule has 1 aromatic heterocycles. The van der Waals surface area contributed by atoms with Crippen LogP contribution in [0.4, 0.5) is 10.1 Å². The maximum Gasteiger partial charge on any atom is 0.203 e. The Morgan fingerprint density at radius 3 is 2.02 bits per heavy atom. The summed E-state index contributed by atoms with van der Waals surface area (Å²) in [6, 6.07) is 42.5. The second-order valence-electron chi connectivity index (χ2n) is 12.1. The van der Waals surface area contributed by atoms with Crippen molar-refractivity contribution in [1.29, 1.82) is 5.41 Å². The molecule has 0 amide bonds. The number of anilines is 1. The van der Waals surface area contributed by atoms with Crippen molar-refractivity contribution >= 4 is 16.7 Å². The molecule has 0 aliphatic carbocycles. The van der Waals surface area contributed by atoms with E-state index in [1.807, 2.05) is 12.1 Å². The van der Waals surface area contributed by atoms with Gasteiger partial charge in [0.05, 0.1) is 24.2 Å². The van der Waals surface area contributed by atoms with E-state index in [2.05, 4.69) is 110 Å². The van der Waals surface area contributed by atoms with E-state index >= 15 is 0 Å². The second kappa shape index (κ2) is 14.1. The SMILES string of the molecule is N=c1n(CCCOc2ccc(F)cc2)c2ccccc2n1Cc1ccccc1N1CCN(Cc2ccccc2-c2ccccc2)CC1. The van der Waals surface area contributed by atoms with Crippen LogP contribution < -0.4 is 15.3 Å². The third kappa shape index (κ3) is 6.86. The molecule has 7 heteroatoms. The van der Waals surface area contributed by atoms with Gasteiger partial charge in [-0.3, -0.25) is 10.3 Å². The molecule has 6 aromatic rings. The Morgan fingerprint density at radius 2 is 1.26 bits per heavy atom. The molecule has 0 unspecified atom stereocenters. The van der Waals surface area contributed by atoms with Crippen molar-refractivity contribution in [3.8, 4) is 16.9 Å². The van der Waals surface area contributed by atoms with E-state index in [-0.39, 0.29) is 5.82 Å². The molecule has 1 N–H and O–H groups in total. The highest BCUT2D eigenvalue weighted by Crippen LogP contribution is 2.27. The molecule has 1 saturated heterocycles. The maximum absolute atomic E-state index is 13.2. The van der Waals surface area contributed by atoms with Gasteiger partial charge in [-0.1, -0.05) is 84.9 Å². The van der Waals surface area contributed by atoms with E-state index < -0.39 is 0 Å². The van der Waals surface area contributed by atoms with Crippen LogP contribution in [0.25, 0.3) is 22.2 Å². The van der Waals surface area contributed by atoms with Crippen LogP contribution in [0.2, 0.25) is 0 Å². The van der Waals surface area contributed by atoms with Gasteiger partial charge in [0.2, 0.25) is 5.62 Å². The third-order valence-corrected chi connectivity index (χ3v) is 9.11. The molecule has 238 valence electrons. The van der Waals surface area contributed by atoms with Crippen LogP contribution in [-0.2, 0) is 19.6 Å². The number of benzene rings is 5. The molecule has 0 radical (unpaired) electrons. The zero-order valence-corrected chi connectivity index (χ0v) is 26.6. The van der Waals surface area contributed by atoms with Gasteiger partial charge in [0, 0.05) is 45.0 Å². The van der Waals surface area contributed by atoms with Gasteiger partial charge in [0.25, 0.3) is 0 Å². The summed E-state index contributed by atoms with van der Waals surface area (Å²) in [4.78, 5) is 5.07. The number of hydrogen-bond acceptors (Lipinski definition) is 4. The average Bonchev–Trinajstić information content (AvgIpc) is 3.38. The summed E-state index contributed by atoms with van der Waals surface area (Å²) >= 11 is 0. The Kier molecular flexibility index (Phi) is 9.15. The van der Waals surface area contributed by atoms with E-state index in [1.165, 1.54) is 40.1 Å². The van der Waals surface area contributed by atoms with Gasteiger partial charge in [-0.2, -0.15) is 0 Å². The molecule has 1 aliphatic rings. The first-order valence-corrected chi connectivity index (χ1v) is 16.4. The first-order chi connectivity index (χ1) is 23.1. The molecule has 7 rings (SSSR count). The smallest absolute Gasteiger partial charge is 0.203 e. The molecule has 0 saturated carbocycles. The fourth-order valence-electron chi connectivity index (χ4n) is 6.69. The number of rotatable bonds is 11. The number of aryl methyl sites for hydroxylation is 1. The number of piperazine rings is 1. The van der Waals surface area contributed by atoms with Crippen LogP contribution in [0.15, 0.2) is 127 Å². The number of nitrogens with zero attached hydrogens (tertiary/aromatic N) is 4. The lowest BCUT2D eigenvalue weighted by atomic mass is 9.99. The summed E-state index contributed by atoms with van der Waals surface area (Å²) < 4.78 is 23.3. The summed E-state index contributed by atoms with van der Waals surface area (Å²) in [5.41, 5.74) is 8.97. The van der Waals surface area contributed by atoms with Gasteiger partial charge in [0.15, 0.2) is 0 Å². The van der Waals surface area contributed by atoms with Crippen molar-refractivity contribution in [3.05, 3.63) is 150 Å². The fraction of sp³-hybridized carbons (Fsp3) is 0.225. The van der Waals surface area contributed by atoms with E-state index in [4.69, 9.17) is 4.74 Å². The Morgan fingerprint density at radius 1 is 0.617 bits per heavy atom. The first-order valence-electron chi connectivity index (χ1n) is 16.4. The van der Waals surface area contributed by atoms with Crippen molar-refractivity contribution in [2.45, 2.75) is 26.1 Å². The quantitative estimate of drug-likeness (QED) is 0.151. The number of nitrogens with one attached hydrogen (secondary N) is 1. The molecule has 2 heterocycles. The largest absolute Gasteiger partial charge is 0.494 e. The van der Waals surface area contributed by atoms with E-state index in [0.717, 1.165) is 50.2 Å². The summed E-state index contributed by atoms with van der Waals surface area (Å²) in [5, 5.41) is 9.20. The molecule has 1 aliphatic heterocycles. The fourth-order valence-corrected chi connectivity index (χ4v) is 6.69. The summed E-state index contributed by atoms with van der Waals surface area (Å²) in [6.07, 6.45) is 0.735. The number of imidazole rings is 1. The zero-order chi connectivity index (χ0) is 32.0. The monoisotopic (exact) mass is 625 g/mol. The summed E-state index contributed by atoms with van der Waals surface area (Å²) in [5.74, 6) is 0.378. The third-order valence-electron chi connectivity index (χ3n) is 9.11. The summed E-state index contributed by atoms with van der Waals surface area (Å²) in [7, 11) is 0. The van der Waals surface area contributed by atoms with E-state index in [0.29, 0.717) is 31.1 Å². The lowest BCUT2D eigenvalue weighted by molar-refractivity contribution is 0.250. The lowest BCUT2D eigenvalue weighted by Crippen LogP contribution is -2.46. The normalized spacial score (nSPS) is 13.7. The highest BCUT2D eigenvalue weighted by atomic mass is 19.1. The van der Waals surface area contributed by atoms with Crippen molar-refractivity contribution in [1.82, 2.24) is 14.0 Å². The number of ether oxygens (including phenoxy) is 1. The van der Waals surface area contributed by atoms with Crippen molar-refractivity contribution < 1.29 is 9.13 Å². The van der Waals surface area contributed by atoms with Crippen molar-refractivity contribution in [2.75, 3.05) is 37.7 Å². The molecule has 1 fully saturated rings. The van der Waals surface area contributed by atoms with Gasteiger partial charge < -0.3 is 18.8 Å². The van der Waals surface area contributed by atoms with E-state index in [9.17, 15) is 9.80 Å². The molecule has 0 bridgehead atoms. The minimum atomic E-state index is -0.274. The number of para-hydroxylation sites is 3. The molecular weight excluding hydrogens is 585 g/mol. The van der Waals surface area contributed by atoms with Crippen LogP contribution in [0.5, 0.6) is 5.75 Å². The van der Waals surface area contributed by atoms with Crippen LogP contribution >= 0.6 is 0 Å². The number of hydrogen-bond donors (Lipinski definition) is 1. The van der Waals surface area contributed by atoms with Crippen molar-refractivity contribution in [3.63, 3.8) is 0 Å². The Labute approximate surface area is 275 Å². The Hall–Kier alpha value is -5.14. The van der Waals surface area contributed by atoms with Gasteiger partial charge in [-0.25, -0.2) is 4.39 Å².